The summed E-state index contributed by atoms with van der Waals surface area (Å²) in [6.07, 6.45) is 9.98. The Balaban J connectivity index is 1.14. The van der Waals surface area contributed by atoms with Crippen molar-refractivity contribution in [3.63, 3.8) is 0 Å². The molecule has 0 aliphatic carbocycles. The van der Waals surface area contributed by atoms with Crippen molar-refractivity contribution >= 4 is 22.7 Å². The molecule has 0 radical (unpaired) electrons. The number of aromatic nitrogens is 2. The van der Waals surface area contributed by atoms with Gasteiger partial charge in [0.1, 0.15) is 0 Å². The zero-order chi connectivity index (χ0) is 30.8. The van der Waals surface area contributed by atoms with Crippen LogP contribution in [0.15, 0.2) is 104 Å². The maximum atomic E-state index is 13.7. The molecule has 6 rings (SSSR count). The molecule has 2 N–H and O–H groups in total. The largest absolute Gasteiger partial charge is 0.361 e. The van der Waals surface area contributed by atoms with Crippen molar-refractivity contribution in [2.75, 3.05) is 32.7 Å². The van der Waals surface area contributed by atoms with Crippen LogP contribution in [0.3, 0.4) is 0 Å². The van der Waals surface area contributed by atoms with E-state index in [1.54, 1.807) is 12.4 Å². The minimum Gasteiger partial charge on any atom is -0.361 e. The number of carbonyl (C=O) groups excluding carboxylic acids is 2. The number of para-hydroxylation sites is 1. The second kappa shape index (κ2) is 14.8. The Labute approximate surface area is 265 Å². The maximum Gasteiger partial charge on any atom is 0.251 e. The van der Waals surface area contributed by atoms with Gasteiger partial charge in [0.05, 0.1) is 0 Å². The molecule has 1 aliphatic heterocycles. The summed E-state index contributed by atoms with van der Waals surface area (Å²) >= 11 is 0. The van der Waals surface area contributed by atoms with E-state index in [1.807, 2.05) is 65.7 Å². The fourth-order valence-electron chi connectivity index (χ4n) is 6.19. The van der Waals surface area contributed by atoms with Gasteiger partial charge >= 0.3 is 0 Å². The molecule has 0 spiro atoms. The van der Waals surface area contributed by atoms with Crippen molar-refractivity contribution in [3.8, 4) is 11.1 Å². The molecule has 3 aromatic carbocycles. The normalized spacial score (nSPS) is 13.2. The van der Waals surface area contributed by atoms with Gasteiger partial charge in [-0.1, -0.05) is 48.5 Å². The fraction of sp³-hybridized carbons (Fsp3) is 0.289. The number of H-pyrrole nitrogens is 1. The predicted octanol–water partition coefficient (Wildman–Crippen LogP) is 6.26. The van der Waals surface area contributed by atoms with E-state index in [9.17, 15) is 9.59 Å². The van der Waals surface area contributed by atoms with Crippen LogP contribution in [0.2, 0.25) is 0 Å². The molecule has 0 atom stereocenters. The Morgan fingerprint density at radius 3 is 2.47 bits per heavy atom. The van der Waals surface area contributed by atoms with Crippen molar-refractivity contribution in [3.05, 3.63) is 126 Å². The Kier molecular flexibility index (Phi) is 9.97. The molecule has 1 fully saturated rings. The van der Waals surface area contributed by atoms with Crippen LogP contribution in [0.4, 0.5) is 0 Å². The van der Waals surface area contributed by atoms with E-state index in [2.05, 4.69) is 50.5 Å². The number of nitrogens with one attached hydrogen (secondary N) is 2. The lowest BCUT2D eigenvalue weighted by Gasteiger charge is -2.23. The van der Waals surface area contributed by atoms with E-state index in [-0.39, 0.29) is 11.8 Å². The Morgan fingerprint density at radius 2 is 1.62 bits per heavy atom. The number of fused-ring (bicyclic) bond motifs is 1. The first-order chi connectivity index (χ1) is 22.1. The number of hydrogen-bond donors (Lipinski definition) is 2. The number of amides is 2. The fourth-order valence-corrected chi connectivity index (χ4v) is 6.19. The minimum atomic E-state index is -0.0460. The van der Waals surface area contributed by atoms with Gasteiger partial charge < -0.3 is 20.1 Å². The summed E-state index contributed by atoms with van der Waals surface area (Å²) in [5.41, 5.74) is 7.14. The molecule has 230 valence electrons. The van der Waals surface area contributed by atoms with Crippen LogP contribution in [-0.2, 0) is 24.2 Å². The van der Waals surface area contributed by atoms with E-state index < -0.39 is 0 Å². The van der Waals surface area contributed by atoms with Crippen LogP contribution < -0.4 is 5.32 Å². The molecule has 0 unspecified atom stereocenters. The number of rotatable bonds is 13. The first kappa shape index (κ1) is 30.3. The number of pyridine rings is 1. The zero-order valence-corrected chi connectivity index (χ0v) is 25.8. The van der Waals surface area contributed by atoms with Crippen LogP contribution in [0.25, 0.3) is 22.0 Å². The smallest absolute Gasteiger partial charge is 0.251 e. The maximum absolute atomic E-state index is 13.7. The molecule has 0 bridgehead atoms. The number of aromatic amines is 1. The van der Waals surface area contributed by atoms with Crippen LogP contribution in [0, 0.1) is 0 Å². The van der Waals surface area contributed by atoms with E-state index >= 15 is 0 Å². The third-order valence-electron chi connectivity index (χ3n) is 8.73. The summed E-state index contributed by atoms with van der Waals surface area (Å²) in [5.74, 6) is 0.0858. The third-order valence-corrected chi connectivity index (χ3v) is 8.73. The van der Waals surface area contributed by atoms with Gasteiger partial charge in [-0.05, 0) is 103 Å². The van der Waals surface area contributed by atoms with Crippen molar-refractivity contribution in [2.45, 2.75) is 38.6 Å². The lowest BCUT2D eigenvalue weighted by atomic mass is 10.0. The number of hydrogen-bond acceptors (Lipinski definition) is 4. The average molecular weight is 600 g/mol. The summed E-state index contributed by atoms with van der Waals surface area (Å²) in [7, 11) is 0. The summed E-state index contributed by atoms with van der Waals surface area (Å²) in [6, 6.07) is 28.3. The molecule has 45 heavy (non-hydrogen) atoms. The number of aryl methyl sites for hydroxylation is 1. The van der Waals surface area contributed by atoms with Crippen LogP contribution >= 0.6 is 0 Å². The van der Waals surface area contributed by atoms with Gasteiger partial charge in [0.15, 0.2) is 0 Å². The van der Waals surface area contributed by atoms with Gasteiger partial charge in [-0.3, -0.25) is 14.6 Å². The highest BCUT2D eigenvalue weighted by Crippen LogP contribution is 2.24. The summed E-state index contributed by atoms with van der Waals surface area (Å²) in [5, 5.41) is 4.25. The highest BCUT2D eigenvalue weighted by molar-refractivity contribution is 5.95. The molecule has 5 aromatic rings. The number of benzene rings is 3. The molecule has 7 heteroatoms. The molecule has 2 aromatic heterocycles. The Bertz CT molecular complexity index is 1720. The van der Waals surface area contributed by atoms with Gasteiger partial charge in [0.2, 0.25) is 5.91 Å². The van der Waals surface area contributed by atoms with Gasteiger partial charge in [0, 0.05) is 67.7 Å². The molecule has 7 nitrogen and oxygen atoms in total. The Morgan fingerprint density at radius 1 is 0.844 bits per heavy atom. The van der Waals surface area contributed by atoms with E-state index in [0.717, 1.165) is 59.4 Å². The van der Waals surface area contributed by atoms with E-state index in [4.69, 9.17) is 0 Å². The number of carbonyl (C=O) groups is 2. The highest BCUT2D eigenvalue weighted by Gasteiger charge is 2.17. The molecule has 0 saturated carbocycles. The second-order valence-electron chi connectivity index (χ2n) is 11.9. The molecular formula is C38H41N5O2. The lowest BCUT2D eigenvalue weighted by molar-refractivity contribution is -0.131. The first-order valence-corrected chi connectivity index (χ1v) is 16.0. The number of likely N-dealkylation sites (tertiary alicyclic amines) is 1. The predicted molar refractivity (Wildman–Crippen MR) is 180 cm³/mol. The molecule has 1 saturated heterocycles. The second-order valence-corrected chi connectivity index (χ2v) is 11.9. The summed E-state index contributed by atoms with van der Waals surface area (Å²) in [6.45, 7) is 4.93. The average Bonchev–Trinajstić information content (AvgIpc) is 3.76. The molecule has 2 amide bonds. The van der Waals surface area contributed by atoms with Crippen LogP contribution in [0.5, 0.6) is 0 Å². The topological polar surface area (TPSA) is 81.3 Å². The molecular weight excluding hydrogens is 558 g/mol. The van der Waals surface area contributed by atoms with Gasteiger partial charge in [-0.25, -0.2) is 0 Å². The summed E-state index contributed by atoms with van der Waals surface area (Å²) < 4.78 is 0. The standard InChI is InChI=1S/C38H41N5O2/c44-37(14-13-34-27-41-36-12-2-1-11-35(34)36)43(23-17-29-15-18-39-19-16-29)28-30-7-5-8-31(25-30)32-9-6-10-33(26-32)38(45)40-20-24-42-21-3-4-22-42/h1-2,5-12,15-16,18-19,25-27,41H,3-4,13-14,17,20-24,28H2,(H,40,45). The minimum absolute atomic E-state index is 0.0460. The number of nitrogens with zero attached hydrogens (tertiary/aromatic N) is 3. The van der Waals surface area contributed by atoms with E-state index in [1.165, 1.54) is 18.2 Å². The first-order valence-electron chi connectivity index (χ1n) is 16.0. The lowest BCUT2D eigenvalue weighted by Crippen LogP contribution is -2.33. The van der Waals surface area contributed by atoms with Crippen LogP contribution in [0.1, 0.15) is 46.3 Å². The van der Waals surface area contributed by atoms with Crippen molar-refractivity contribution in [2.24, 2.45) is 0 Å². The SMILES string of the molecule is O=C(NCCN1CCCC1)c1cccc(-c2cccc(CN(CCc3ccncc3)C(=O)CCc3c[nH]c4ccccc34)c2)c1. The summed E-state index contributed by atoms with van der Waals surface area (Å²) in [4.78, 5) is 38.4. The monoisotopic (exact) mass is 599 g/mol. The Hall–Kier alpha value is -4.75. The van der Waals surface area contributed by atoms with Gasteiger partial charge in [-0.15, -0.1) is 0 Å². The van der Waals surface area contributed by atoms with Crippen molar-refractivity contribution in [1.29, 1.82) is 0 Å². The molecule has 1 aliphatic rings. The van der Waals surface area contributed by atoms with Crippen molar-refractivity contribution < 1.29 is 9.59 Å². The van der Waals surface area contributed by atoms with Crippen molar-refractivity contribution in [1.82, 2.24) is 25.1 Å². The molecule has 3 heterocycles. The quantitative estimate of drug-likeness (QED) is 0.167. The van der Waals surface area contributed by atoms with E-state index in [0.29, 0.717) is 38.0 Å². The van der Waals surface area contributed by atoms with Gasteiger partial charge in [-0.2, -0.15) is 0 Å². The van der Waals surface area contributed by atoms with Gasteiger partial charge in [0.25, 0.3) is 5.91 Å². The van der Waals surface area contributed by atoms with Crippen LogP contribution in [-0.4, -0.2) is 64.3 Å². The zero-order valence-electron chi connectivity index (χ0n) is 25.8. The third kappa shape index (κ3) is 8.05. The highest BCUT2D eigenvalue weighted by atomic mass is 16.2.